The first-order valence-corrected chi connectivity index (χ1v) is 17.4. The number of hydrogen-bond donors (Lipinski definition) is 1. The summed E-state index contributed by atoms with van der Waals surface area (Å²) in [7, 11) is -0.885. The van der Waals surface area contributed by atoms with Gasteiger partial charge in [0.2, 0.25) is 10.0 Å². The Bertz CT molecular complexity index is 1820. The maximum absolute atomic E-state index is 14.3. The number of thiophene rings is 1. The van der Waals surface area contributed by atoms with Gasteiger partial charge in [0.1, 0.15) is 4.21 Å². The lowest BCUT2D eigenvalue weighted by Crippen LogP contribution is -2.47. The Morgan fingerprint density at radius 1 is 0.826 bits per heavy atom. The van der Waals surface area contributed by atoms with Crippen molar-refractivity contribution < 1.29 is 27.5 Å². The number of imide groups is 1. The van der Waals surface area contributed by atoms with Crippen molar-refractivity contribution in [1.82, 2.24) is 14.5 Å². The van der Waals surface area contributed by atoms with Crippen LogP contribution in [0.3, 0.4) is 0 Å². The molecule has 2 aliphatic heterocycles. The lowest BCUT2D eigenvalue weighted by atomic mass is 10.0. The molecule has 1 N–H and O–H groups in total. The first-order chi connectivity index (χ1) is 22.2. The molecule has 0 spiro atoms. The van der Waals surface area contributed by atoms with Gasteiger partial charge in [0.15, 0.2) is 11.5 Å². The topological polar surface area (TPSA) is 108 Å². The standard InChI is InChI=1S/C34H36N4O6S2/c1-23(24-9-5-4-6-10-24)36-16-18-37(19-17-36)27-12-7-11-26-32(27)34(40)38(33(26)39)28(22-35-46(41,42)31-13-8-20-45-31)25-14-15-29(43-2)30(21-25)44-3/h4-15,20-21,23,28,35H,16-19,22H2,1-3H3/t23-,28?/m0/s1. The van der Waals surface area contributed by atoms with Crippen LogP contribution in [-0.2, 0) is 10.0 Å². The zero-order valence-corrected chi connectivity index (χ0v) is 27.5. The number of benzene rings is 3. The number of anilines is 1. The van der Waals surface area contributed by atoms with Crippen molar-refractivity contribution in [2.75, 3.05) is 51.8 Å². The molecule has 0 saturated carbocycles. The van der Waals surface area contributed by atoms with Gasteiger partial charge in [-0.05, 0) is 53.8 Å². The second kappa shape index (κ2) is 13.2. The summed E-state index contributed by atoms with van der Waals surface area (Å²) in [5.41, 5.74) is 3.11. The Morgan fingerprint density at radius 3 is 2.24 bits per heavy atom. The molecular formula is C34H36N4O6S2. The number of nitrogens with zero attached hydrogens (tertiary/aromatic N) is 3. The quantitative estimate of drug-likeness (QED) is 0.225. The highest BCUT2D eigenvalue weighted by Gasteiger charge is 2.43. The summed E-state index contributed by atoms with van der Waals surface area (Å²) in [6.45, 7) is 4.94. The number of piperazine rings is 1. The van der Waals surface area contributed by atoms with Crippen molar-refractivity contribution in [3.63, 3.8) is 0 Å². The highest BCUT2D eigenvalue weighted by atomic mass is 32.2. The molecule has 4 aromatic rings. The lowest BCUT2D eigenvalue weighted by molar-refractivity contribution is 0.0584. The van der Waals surface area contributed by atoms with Crippen LogP contribution in [0.1, 0.15) is 50.9 Å². The van der Waals surface area contributed by atoms with Crippen molar-refractivity contribution in [3.8, 4) is 11.5 Å². The van der Waals surface area contributed by atoms with E-state index in [4.69, 9.17) is 9.47 Å². The van der Waals surface area contributed by atoms with Crippen molar-refractivity contribution in [1.29, 1.82) is 0 Å². The number of nitrogens with one attached hydrogen (secondary N) is 1. The summed E-state index contributed by atoms with van der Waals surface area (Å²) in [4.78, 5) is 34.1. The van der Waals surface area contributed by atoms with Crippen LogP contribution in [0.25, 0.3) is 0 Å². The third-order valence-corrected chi connectivity index (χ3v) is 11.6. The minimum Gasteiger partial charge on any atom is -0.493 e. The fourth-order valence-corrected chi connectivity index (χ4v) is 8.29. The Morgan fingerprint density at radius 2 is 1.57 bits per heavy atom. The largest absolute Gasteiger partial charge is 0.493 e. The predicted octanol–water partition coefficient (Wildman–Crippen LogP) is 4.96. The number of carbonyl (C=O) groups excluding carboxylic acids is 2. The number of ether oxygens (including phenoxy) is 2. The smallest absolute Gasteiger partial charge is 0.264 e. The van der Waals surface area contributed by atoms with E-state index < -0.39 is 27.9 Å². The molecule has 1 saturated heterocycles. The number of amides is 2. The first kappa shape index (κ1) is 31.7. The fraction of sp³-hybridized carbons (Fsp3) is 0.294. The number of fused-ring (bicyclic) bond motifs is 1. The van der Waals surface area contributed by atoms with E-state index >= 15 is 0 Å². The summed E-state index contributed by atoms with van der Waals surface area (Å²) in [6.07, 6.45) is 0. The minimum absolute atomic E-state index is 0.143. The predicted molar refractivity (Wildman–Crippen MR) is 177 cm³/mol. The van der Waals surface area contributed by atoms with Gasteiger partial charge in [-0.15, -0.1) is 11.3 Å². The molecule has 1 aromatic heterocycles. The Hall–Kier alpha value is -4.23. The Balaban J connectivity index is 1.29. The highest BCUT2D eigenvalue weighted by molar-refractivity contribution is 7.91. The third-order valence-electron chi connectivity index (χ3n) is 8.74. The van der Waals surface area contributed by atoms with Crippen LogP contribution in [0.4, 0.5) is 5.69 Å². The van der Waals surface area contributed by atoms with Crippen LogP contribution < -0.4 is 19.1 Å². The third kappa shape index (κ3) is 6.01. The summed E-state index contributed by atoms with van der Waals surface area (Å²) < 4.78 is 39.9. The van der Waals surface area contributed by atoms with Gasteiger partial charge < -0.3 is 14.4 Å². The number of rotatable bonds is 11. The van der Waals surface area contributed by atoms with E-state index in [1.165, 1.54) is 30.7 Å². The fourth-order valence-electron chi connectivity index (χ4n) is 6.22. The van der Waals surface area contributed by atoms with E-state index in [2.05, 4.69) is 33.6 Å². The van der Waals surface area contributed by atoms with Crippen molar-refractivity contribution >= 4 is 38.9 Å². The Labute approximate surface area is 273 Å². The molecule has 240 valence electrons. The molecule has 10 nitrogen and oxygen atoms in total. The molecule has 2 amide bonds. The van der Waals surface area contributed by atoms with E-state index in [-0.39, 0.29) is 16.8 Å². The maximum atomic E-state index is 14.3. The number of methoxy groups -OCH3 is 2. The molecule has 2 atom stereocenters. The molecule has 0 bridgehead atoms. The minimum atomic E-state index is -3.89. The van der Waals surface area contributed by atoms with E-state index in [0.717, 1.165) is 24.4 Å². The van der Waals surface area contributed by atoms with Crippen LogP contribution in [0, 0.1) is 0 Å². The van der Waals surface area contributed by atoms with Crippen LogP contribution in [-0.4, -0.2) is 77.0 Å². The van der Waals surface area contributed by atoms with Crippen LogP contribution >= 0.6 is 11.3 Å². The van der Waals surface area contributed by atoms with Crippen molar-refractivity contribution in [3.05, 3.63) is 106 Å². The van der Waals surface area contributed by atoms with Crippen molar-refractivity contribution in [2.45, 2.75) is 23.2 Å². The van der Waals surface area contributed by atoms with E-state index in [0.29, 0.717) is 47.0 Å². The van der Waals surface area contributed by atoms with E-state index in [1.54, 1.807) is 41.8 Å². The van der Waals surface area contributed by atoms with Crippen molar-refractivity contribution in [2.24, 2.45) is 0 Å². The molecule has 0 aliphatic carbocycles. The van der Waals surface area contributed by atoms with Gasteiger partial charge >= 0.3 is 0 Å². The zero-order valence-electron chi connectivity index (χ0n) is 25.9. The number of sulfonamides is 1. The monoisotopic (exact) mass is 660 g/mol. The van der Waals surface area contributed by atoms with Gasteiger partial charge in [0.25, 0.3) is 11.8 Å². The molecule has 2 aliphatic rings. The summed E-state index contributed by atoms with van der Waals surface area (Å²) in [5.74, 6) is -0.0837. The lowest BCUT2D eigenvalue weighted by Gasteiger charge is -2.39. The average molecular weight is 661 g/mol. The molecular weight excluding hydrogens is 625 g/mol. The number of hydrogen-bond acceptors (Lipinski definition) is 9. The molecule has 46 heavy (non-hydrogen) atoms. The van der Waals surface area contributed by atoms with Gasteiger partial charge in [-0.1, -0.05) is 48.5 Å². The molecule has 6 rings (SSSR count). The summed E-state index contributed by atoms with van der Waals surface area (Å²) in [6, 6.07) is 23.2. The van der Waals surface area contributed by atoms with Gasteiger partial charge in [0.05, 0.1) is 37.1 Å². The first-order valence-electron chi connectivity index (χ1n) is 15.0. The summed E-state index contributed by atoms with van der Waals surface area (Å²) in [5, 5.41) is 1.67. The maximum Gasteiger partial charge on any atom is 0.264 e. The molecule has 3 heterocycles. The Kier molecular flexibility index (Phi) is 9.14. The second-order valence-corrected chi connectivity index (χ2v) is 14.1. The molecule has 12 heteroatoms. The zero-order chi connectivity index (χ0) is 32.4. The van der Waals surface area contributed by atoms with E-state index in [1.807, 2.05) is 24.3 Å². The second-order valence-electron chi connectivity index (χ2n) is 11.2. The molecule has 1 fully saturated rings. The van der Waals surface area contributed by atoms with Crippen LogP contribution in [0.2, 0.25) is 0 Å². The van der Waals surface area contributed by atoms with Gasteiger partial charge in [-0.25, -0.2) is 13.1 Å². The highest BCUT2D eigenvalue weighted by Crippen LogP contribution is 2.39. The summed E-state index contributed by atoms with van der Waals surface area (Å²) >= 11 is 1.09. The molecule has 1 unspecified atom stereocenters. The molecule has 3 aromatic carbocycles. The normalized spacial score (nSPS) is 16.8. The van der Waals surface area contributed by atoms with Crippen LogP contribution in [0.5, 0.6) is 11.5 Å². The van der Waals surface area contributed by atoms with E-state index in [9.17, 15) is 18.0 Å². The molecule has 0 radical (unpaired) electrons. The average Bonchev–Trinajstić information content (AvgIpc) is 3.73. The van der Waals surface area contributed by atoms with Gasteiger partial charge in [-0.2, -0.15) is 0 Å². The SMILES string of the molecule is COc1ccc(C(CNS(=O)(=O)c2cccs2)N2C(=O)c3cccc(N4CCN([C@@H](C)c5ccccc5)CC4)c3C2=O)cc1OC. The van der Waals surface area contributed by atoms with Gasteiger partial charge in [0, 0.05) is 38.8 Å². The number of carbonyl (C=O) groups is 2. The van der Waals surface area contributed by atoms with Gasteiger partial charge in [-0.3, -0.25) is 19.4 Å². The van der Waals surface area contributed by atoms with Crippen LogP contribution in [0.15, 0.2) is 88.5 Å².